The summed E-state index contributed by atoms with van der Waals surface area (Å²) >= 11 is 0. The number of benzene rings is 1. The van der Waals surface area contributed by atoms with Gasteiger partial charge in [0.05, 0.1) is 21.8 Å². The number of rotatable bonds is 8. The summed E-state index contributed by atoms with van der Waals surface area (Å²) in [6.07, 6.45) is -7.06. The summed E-state index contributed by atoms with van der Waals surface area (Å²) in [6, 6.07) is -1.88. The SMILES string of the molecule is [2H]C1([2H])c2nnc(C(F)(F)F)n2C([2H])([2H])C([2H])([2H])N1C(=O)C[C@@H](Cc1cc(F)c(F)cc1F)NN[C@@H](C)C(=O)OC. The smallest absolute Gasteiger partial charge is 0.451 e. The molecule has 0 radical (unpaired) electrons. The van der Waals surface area contributed by atoms with E-state index in [-0.39, 0.29) is 11.0 Å². The predicted octanol–water partition coefficient (Wildman–Crippen LogP) is 1.71. The third-order valence-corrected chi connectivity index (χ3v) is 4.69. The first kappa shape index (κ1) is 19.0. The lowest BCUT2D eigenvalue weighted by Gasteiger charge is -2.30. The minimum Gasteiger partial charge on any atom is -0.468 e. The third-order valence-electron chi connectivity index (χ3n) is 4.69. The van der Waals surface area contributed by atoms with Crippen molar-refractivity contribution in [3.8, 4) is 0 Å². The van der Waals surface area contributed by atoms with E-state index in [1.54, 1.807) is 0 Å². The summed E-state index contributed by atoms with van der Waals surface area (Å²) in [7, 11) is 1.05. The normalized spacial score (nSPS) is 22.3. The van der Waals surface area contributed by atoms with Crippen LogP contribution in [0.3, 0.4) is 0 Å². The first-order valence-electron chi connectivity index (χ1n) is 12.8. The van der Waals surface area contributed by atoms with Gasteiger partial charge in [0.15, 0.2) is 17.5 Å². The number of methoxy groups -OCH3 is 1. The number of aromatic nitrogens is 3. The van der Waals surface area contributed by atoms with Crippen molar-refractivity contribution in [1.82, 2.24) is 30.5 Å². The van der Waals surface area contributed by atoms with Crippen LogP contribution in [0.15, 0.2) is 12.1 Å². The number of halogens is 6. The number of hydrogen-bond acceptors (Lipinski definition) is 7. The summed E-state index contributed by atoms with van der Waals surface area (Å²) in [6.45, 7) is -9.78. The number of ether oxygens (including phenoxy) is 1. The summed E-state index contributed by atoms with van der Waals surface area (Å²) in [5, 5.41) is 5.81. The molecule has 0 fully saturated rings. The molecule has 15 heteroatoms. The number of fused-ring (bicyclic) bond motifs is 1. The van der Waals surface area contributed by atoms with Gasteiger partial charge in [-0.3, -0.25) is 15.0 Å². The average Bonchev–Trinajstić information content (AvgIpc) is 3.32. The van der Waals surface area contributed by atoms with Crippen LogP contribution >= 0.6 is 0 Å². The Bertz CT molecular complexity index is 1340. The number of carbonyl (C=O) groups excluding carboxylic acids is 2. The van der Waals surface area contributed by atoms with Gasteiger partial charge < -0.3 is 14.2 Å². The second kappa shape index (κ2) is 10.6. The summed E-state index contributed by atoms with van der Waals surface area (Å²) < 4.78 is 135. The molecule has 3 rings (SSSR count). The van der Waals surface area contributed by atoms with E-state index in [0.29, 0.717) is 6.07 Å². The van der Waals surface area contributed by atoms with Crippen LogP contribution in [0.4, 0.5) is 26.3 Å². The van der Waals surface area contributed by atoms with Gasteiger partial charge in [-0.15, -0.1) is 10.2 Å². The van der Waals surface area contributed by atoms with E-state index in [9.17, 15) is 35.9 Å². The molecule has 2 aromatic rings. The maximum absolute atomic E-state index is 14.4. The fourth-order valence-corrected chi connectivity index (χ4v) is 2.94. The zero-order valence-electron chi connectivity index (χ0n) is 24.0. The Hall–Kier alpha value is -3.20. The number of hydrogen-bond donors (Lipinski definition) is 2. The van der Waals surface area contributed by atoms with E-state index < -0.39 is 102 Å². The van der Waals surface area contributed by atoms with Gasteiger partial charge in [0.25, 0.3) is 0 Å². The molecule has 0 bridgehead atoms. The second-order valence-corrected chi connectivity index (χ2v) is 7.24. The molecular weight excluding hydrogens is 486 g/mol. The van der Waals surface area contributed by atoms with Gasteiger partial charge in [-0.25, -0.2) is 18.6 Å². The quantitative estimate of drug-likeness (QED) is 0.240. The highest BCUT2D eigenvalue weighted by molar-refractivity contribution is 5.77. The molecule has 35 heavy (non-hydrogen) atoms. The van der Waals surface area contributed by atoms with Crippen molar-refractivity contribution in [2.75, 3.05) is 13.6 Å². The molecule has 1 aliphatic heterocycles. The largest absolute Gasteiger partial charge is 0.468 e. The van der Waals surface area contributed by atoms with Crippen LogP contribution in [-0.2, 0) is 39.9 Å². The fraction of sp³-hybridized carbons (Fsp3) is 0.500. The van der Waals surface area contributed by atoms with Crippen molar-refractivity contribution in [2.45, 2.75) is 51.0 Å². The van der Waals surface area contributed by atoms with E-state index >= 15 is 0 Å². The molecule has 1 aliphatic rings. The molecule has 192 valence electrons. The summed E-state index contributed by atoms with van der Waals surface area (Å²) in [4.78, 5) is 24.8. The highest BCUT2D eigenvalue weighted by Crippen LogP contribution is 2.29. The van der Waals surface area contributed by atoms with Crippen LogP contribution < -0.4 is 10.9 Å². The van der Waals surface area contributed by atoms with Crippen LogP contribution in [0.2, 0.25) is 0 Å². The number of nitrogens with zero attached hydrogens (tertiary/aromatic N) is 4. The van der Waals surface area contributed by atoms with Crippen LogP contribution in [0.25, 0.3) is 0 Å². The van der Waals surface area contributed by atoms with Gasteiger partial charge in [0, 0.05) is 31.5 Å². The molecule has 0 spiro atoms. The summed E-state index contributed by atoms with van der Waals surface area (Å²) in [5.41, 5.74) is 4.33. The Kier molecular flexibility index (Phi) is 5.77. The van der Waals surface area contributed by atoms with E-state index in [4.69, 9.17) is 8.22 Å². The summed E-state index contributed by atoms with van der Waals surface area (Å²) in [5.74, 6) is -10.0. The van der Waals surface area contributed by atoms with Gasteiger partial charge in [0.1, 0.15) is 11.9 Å². The maximum Gasteiger partial charge on any atom is 0.451 e. The van der Waals surface area contributed by atoms with Crippen molar-refractivity contribution < 1.29 is 48.9 Å². The Morgan fingerprint density at radius 3 is 2.49 bits per heavy atom. The third kappa shape index (κ3) is 6.28. The highest BCUT2D eigenvalue weighted by atomic mass is 19.4. The Labute approximate surface area is 203 Å². The van der Waals surface area contributed by atoms with Crippen molar-refractivity contribution in [3.05, 3.63) is 46.8 Å². The molecule has 2 heterocycles. The highest BCUT2D eigenvalue weighted by Gasteiger charge is 2.40. The van der Waals surface area contributed by atoms with Gasteiger partial charge in [-0.05, 0) is 25.0 Å². The van der Waals surface area contributed by atoms with Crippen LogP contribution in [0.5, 0.6) is 0 Å². The van der Waals surface area contributed by atoms with Crippen LogP contribution in [0, 0.1) is 17.5 Å². The van der Waals surface area contributed by atoms with Crippen LogP contribution in [-0.4, -0.2) is 57.2 Å². The molecule has 1 aromatic carbocycles. The van der Waals surface area contributed by atoms with E-state index in [1.807, 2.05) is 0 Å². The van der Waals surface area contributed by atoms with Crippen molar-refractivity contribution in [2.24, 2.45) is 0 Å². The first-order chi connectivity index (χ1) is 18.7. The molecule has 0 aliphatic carbocycles. The van der Waals surface area contributed by atoms with Gasteiger partial charge >= 0.3 is 12.1 Å². The van der Waals surface area contributed by atoms with Crippen molar-refractivity contribution in [3.63, 3.8) is 0 Å². The minimum absolute atomic E-state index is 0.218. The van der Waals surface area contributed by atoms with E-state index in [1.165, 1.54) is 6.92 Å². The molecule has 2 atom stereocenters. The average molecular weight is 514 g/mol. The lowest BCUT2D eigenvalue weighted by atomic mass is 10.0. The number of carbonyl (C=O) groups is 2. The molecule has 0 unspecified atom stereocenters. The maximum atomic E-state index is 14.4. The first-order valence-corrected chi connectivity index (χ1v) is 9.77. The Morgan fingerprint density at radius 1 is 1.14 bits per heavy atom. The molecule has 9 nitrogen and oxygen atoms in total. The van der Waals surface area contributed by atoms with Gasteiger partial charge in [-0.2, -0.15) is 13.2 Å². The monoisotopic (exact) mass is 514 g/mol. The van der Waals surface area contributed by atoms with Gasteiger partial charge in [0.2, 0.25) is 11.7 Å². The fourth-order valence-electron chi connectivity index (χ4n) is 2.94. The predicted molar refractivity (Wildman–Crippen MR) is 107 cm³/mol. The number of nitrogens with one attached hydrogen (secondary N) is 2. The molecule has 1 amide bonds. The number of alkyl halides is 3. The number of esters is 1. The Morgan fingerprint density at radius 2 is 1.83 bits per heavy atom. The Balaban J connectivity index is 2.02. The standard InChI is InChI=1S/C20H22F6N6O3/c1-10(18(34)35-2)27-28-12(5-11-6-14(22)15(23)8-13(11)21)7-17(33)31-3-4-32-16(9-31)29-30-19(32)20(24,25)26/h6,8,10,12,27-28H,3-5,7,9H2,1-2H3/t10-,12+/m0/s1/i3D2,4D2,9D2. The lowest BCUT2D eigenvalue weighted by molar-refractivity contribution is -0.148. The molecule has 1 aromatic heterocycles. The van der Waals surface area contributed by atoms with E-state index in [0.717, 1.165) is 7.11 Å². The van der Waals surface area contributed by atoms with Crippen molar-refractivity contribution >= 4 is 11.9 Å². The van der Waals surface area contributed by atoms with E-state index in [2.05, 4.69) is 25.8 Å². The minimum atomic E-state index is -5.37. The molecule has 0 saturated carbocycles. The molecule has 2 N–H and O–H groups in total. The zero-order chi connectivity index (χ0) is 31.3. The number of amides is 1. The van der Waals surface area contributed by atoms with Crippen LogP contribution in [0.1, 0.15) is 38.8 Å². The van der Waals surface area contributed by atoms with Crippen molar-refractivity contribution in [1.29, 1.82) is 0 Å². The lowest BCUT2D eigenvalue weighted by Crippen LogP contribution is -2.51. The van der Waals surface area contributed by atoms with Gasteiger partial charge in [-0.1, -0.05) is 0 Å². The number of hydrazine groups is 1. The second-order valence-electron chi connectivity index (χ2n) is 7.24. The molecule has 0 saturated heterocycles. The topological polar surface area (TPSA) is 101 Å². The molecular formula is C20H22F6N6O3. The zero-order valence-corrected chi connectivity index (χ0v) is 18.0.